The number of hydrogen-bond donors (Lipinski definition) is 0. The van der Waals surface area contributed by atoms with Crippen molar-refractivity contribution in [1.29, 1.82) is 0 Å². The molecular weight excluding hydrogens is 472 g/mol. The molecule has 4 aromatic rings. The highest BCUT2D eigenvalue weighted by Crippen LogP contribution is 2.33. The third kappa shape index (κ3) is 5.87. The van der Waals surface area contributed by atoms with E-state index in [1.807, 2.05) is 48.7 Å². The van der Waals surface area contributed by atoms with Crippen molar-refractivity contribution in [3.05, 3.63) is 96.2 Å². The number of nitrogens with zero attached hydrogens (tertiary/aromatic N) is 2. The number of ether oxygens (including phenoxy) is 4. The van der Waals surface area contributed by atoms with E-state index in [-0.39, 0.29) is 5.78 Å². The van der Waals surface area contributed by atoms with Crippen LogP contribution in [-0.2, 0) is 9.53 Å². The number of para-hydroxylation sites is 2. The highest BCUT2D eigenvalue weighted by Gasteiger charge is 2.16. The van der Waals surface area contributed by atoms with Crippen LogP contribution in [0, 0.1) is 0 Å². The van der Waals surface area contributed by atoms with E-state index in [1.165, 1.54) is 13.2 Å². The molecule has 0 spiro atoms. The van der Waals surface area contributed by atoms with Crippen LogP contribution in [0.25, 0.3) is 23.0 Å². The Labute approximate surface area is 214 Å². The quantitative estimate of drug-likeness (QED) is 0.173. The molecule has 0 saturated heterocycles. The van der Waals surface area contributed by atoms with Gasteiger partial charge in [0.2, 0.25) is 5.78 Å². The summed E-state index contributed by atoms with van der Waals surface area (Å²) in [5.74, 6) is 0.552. The predicted octanol–water partition coefficient (Wildman–Crippen LogP) is 5.00. The first-order valence-corrected chi connectivity index (χ1v) is 11.4. The second-order valence-electron chi connectivity index (χ2n) is 7.85. The van der Waals surface area contributed by atoms with E-state index in [0.29, 0.717) is 34.1 Å². The number of benzene rings is 3. The van der Waals surface area contributed by atoms with Crippen LogP contribution in [0.15, 0.2) is 85.1 Å². The molecule has 37 heavy (non-hydrogen) atoms. The highest BCUT2D eigenvalue weighted by atomic mass is 16.5. The zero-order chi connectivity index (χ0) is 26.2. The molecule has 0 aliphatic carbocycles. The number of carbonyl (C=O) groups is 2. The van der Waals surface area contributed by atoms with Gasteiger partial charge < -0.3 is 18.9 Å². The maximum atomic E-state index is 12.5. The van der Waals surface area contributed by atoms with Crippen LogP contribution in [-0.4, -0.2) is 49.5 Å². The molecule has 0 N–H and O–H groups in total. The second-order valence-corrected chi connectivity index (χ2v) is 7.85. The monoisotopic (exact) mass is 498 g/mol. The predicted molar refractivity (Wildman–Crippen MR) is 139 cm³/mol. The van der Waals surface area contributed by atoms with E-state index in [1.54, 1.807) is 55.3 Å². The number of ketones is 1. The molecule has 0 aliphatic rings. The molecule has 1 aromatic heterocycles. The normalized spacial score (nSPS) is 10.8. The fourth-order valence-electron chi connectivity index (χ4n) is 3.73. The van der Waals surface area contributed by atoms with Gasteiger partial charge in [0.1, 0.15) is 11.4 Å². The zero-order valence-corrected chi connectivity index (χ0v) is 20.7. The fraction of sp³-hybridized carbons (Fsp3) is 0.138. The van der Waals surface area contributed by atoms with E-state index < -0.39 is 12.6 Å². The van der Waals surface area contributed by atoms with Gasteiger partial charge in [-0.25, -0.2) is 9.48 Å². The summed E-state index contributed by atoms with van der Waals surface area (Å²) in [5.41, 5.74) is 3.27. The van der Waals surface area contributed by atoms with Gasteiger partial charge in [-0.3, -0.25) is 4.79 Å². The molecule has 3 aromatic carbocycles. The van der Waals surface area contributed by atoms with Crippen LogP contribution >= 0.6 is 0 Å². The standard InChI is InChI=1S/C29H26N2O6/c1-34-25-12-8-7-11-23(25)24(32)19-37-28(33)16-14-21-18-31(22-9-5-4-6-10-22)30-29(21)20-13-15-26(35-2)27(17-20)36-3/h4-18H,19H2,1-3H3/b16-14+. The van der Waals surface area contributed by atoms with E-state index in [0.717, 1.165) is 11.3 Å². The first-order chi connectivity index (χ1) is 18.0. The average Bonchev–Trinajstić information content (AvgIpc) is 3.39. The maximum Gasteiger partial charge on any atom is 0.331 e. The van der Waals surface area contributed by atoms with E-state index in [2.05, 4.69) is 0 Å². The van der Waals surface area contributed by atoms with Crippen molar-refractivity contribution in [2.45, 2.75) is 0 Å². The molecule has 8 nitrogen and oxygen atoms in total. The molecule has 0 bridgehead atoms. The smallest absolute Gasteiger partial charge is 0.331 e. The highest BCUT2D eigenvalue weighted by molar-refractivity contribution is 6.01. The van der Waals surface area contributed by atoms with E-state index in [9.17, 15) is 9.59 Å². The van der Waals surface area contributed by atoms with Crippen LogP contribution in [0.3, 0.4) is 0 Å². The largest absolute Gasteiger partial charge is 0.496 e. The van der Waals surface area contributed by atoms with Gasteiger partial charge in [0, 0.05) is 23.4 Å². The molecule has 4 rings (SSSR count). The summed E-state index contributed by atoms with van der Waals surface area (Å²) in [6, 6.07) is 21.9. The van der Waals surface area contributed by atoms with E-state index >= 15 is 0 Å². The number of methoxy groups -OCH3 is 3. The second kappa shape index (κ2) is 11.7. The van der Waals surface area contributed by atoms with Gasteiger partial charge in [-0.2, -0.15) is 5.10 Å². The van der Waals surface area contributed by atoms with Crippen LogP contribution in [0.1, 0.15) is 15.9 Å². The van der Waals surface area contributed by atoms with E-state index in [4.69, 9.17) is 24.0 Å². The zero-order valence-electron chi connectivity index (χ0n) is 20.7. The Balaban J connectivity index is 1.58. The molecule has 0 aliphatic heterocycles. The SMILES string of the molecule is COc1ccc(-c2nn(-c3ccccc3)cc2/C=C/C(=O)OCC(=O)c2ccccc2OC)cc1OC. The number of aromatic nitrogens is 2. The van der Waals surface area contributed by atoms with Crippen molar-refractivity contribution in [3.8, 4) is 34.2 Å². The van der Waals surface area contributed by atoms with Crippen LogP contribution in [0.5, 0.6) is 17.2 Å². The van der Waals surface area contributed by atoms with Crippen LogP contribution in [0.2, 0.25) is 0 Å². The fourth-order valence-corrected chi connectivity index (χ4v) is 3.73. The summed E-state index contributed by atoms with van der Waals surface area (Å²) in [5, 5.41) is 4.74. The maximum absolute atomic E-state index is 12.5. The summed E-state index contributed by atoms with van der Waals surface area (Å²) in [6.07, 6.45) is 4.69. The first-order valence-electron chi connectivity index (χ1n) is 11.4. The number of hydrogen-bond acceptors (Lipinski definition) is 7. The van der Waals surface area contributed by atoms with Gasteiger partial charge in [-0.15, -0.1) is 0 Å². The Bertz CT molecular complexity index is 1430. The topological polar surface area (TPSA) is 88.9 Å². The van der Waals surface area contributed by atoms with Crippen molar-refractivity contribution in [2.75, 3.05) is 27.9 Å². The molecule has 0 saturated carbocycles. The number of carbonyl (C=O) groups excluding carboxylic acids is 2. The van der Waals surface area contributed by atoms with Gasteiger partial charge in [0.05, 0.1) is 32.6 Å². The van der Waals surface area contributed by atoms with Gasteiger partial charge in [0.15, 0.2) is 18.1 Å². The summed E-state index contributed by atoms with van der Waals surface area (Å²) in [6.45, 7) is -0.407. The minimum Gasteiger partial charge on any atom is -0.496 e. The molecule has 0 amide bonds. The lowest BCUT2D eigenvalue weighted by molar-refractivity contribution is -0.136. The van der Waals surface area contributed by atoms with Gasteiger partial charge in [-0.05, 0) is 48.5 Å². The molecular formula is C29H26N2O6. The molecule has 0 radical (unpaired) electrons. The number of esters is 1. The van der Waals surface area contributed by atoms with Crippen LogP contribution in [0.4, 0.5) is 0 Å². The first kappa shape index (κ1) is 25.2. The summed E-state index contributed by atoms with van der Waals surface area (Å²) in [7, 11) is 4.61. The lowest BCUT2D eigenvalue weighted by Gasteiger charge is -2.09. The van der Waals surface area contributed by atoms with Gasteiger partial charge in [-0.1, -0.05) is 30.3 Å². The van der Waals surface area contributed by atoms with Crippen molar-refractivity contribution >= 4 is 17.8 Å². The van der Waals surface area contributed by atoms with Gasteiger partial charge in [0.25, 0.3) is 0 Å². The molecule has 1 heterocycles. The number of Topliss-reactive ketones (excluding diaryl/α,β-unsaturated/α-hetero) is 1. The van der Waals surface area contributed by atoms with Crippen molar-refractivity contribution in [2.24, 2.45) is 0 Å². The minimum atomic E-state index is -0.658. The summed E-state index contributed by atoms with van der Waals surface area (Å²) >= 11 is 0. The lowest BCUT2D eigenvalue weighted by Crippen LogP contribution is -2.13. The third-order valence-electron chi connectivity index (χ3n) is 5.57. The molecule has 0 atom stereocenters. The molecule has 188 valence electrons. The Hall–Kier alpha value is -4.85. The number of rotatable bonds is 10. The Morgan fingerprint density at radius 1 is 0.838 bits per heavy atom. The summed E-state index contributed by atoms with van der Waals surface area (Å²) in [4.78, 5) is 25.0. The minimum absolute atomic E-state index is 0.349. The third-order valence-corrected chi connectivity index (χ3v) is 5.57. The Morgan fingerprint density at radius 2 is 1.54 bits per heavy atom. The van der Waals surface area contributed by atoms with Crippen molar-refractivity contribution < 1.29 is 28.5 Å². The Morgan fingerprint density at radius 3 is 2.27 bits per heavy atom. The molecule has 0 unspecified atom stereocenters. The molecule has 0 fully saturated rings. The van der Waals surface area contributed by atoms with Crippen molar-refractivity contribution in [3.63, 3.8) is 0 Å². The summed E-state index contributed by atoms with van der Waals surface area (Å²) < 4.78 is 22.9. The average molecular weight is 499 g/mol. The molecule has 8 heteroatoms. The van der Waals surface area contributed by atoms with Gasteiger partial charge >= 0.3 is 5.97 Å². The van der Waals surface area contributed by atoms with Crippen molar-refractivity contribution in [1.82, 2.24) is 9.78 Å². The lowest BCUT2D eigenvalue weighted by atomic mass is 10.1. The Kier molecular flexibility index (Phi) is 8.00. The van der Waals surface area contributed by atoms with Crippen LogP contribution < -0.4 is 14.2 Å².